The molecule has 0 radical (unpaired) electrons. The highest BCUT2D eigenvalue weighted by molar-refractivity contribution is 9.10. The largest absolute Gasteiger partial charge is 0.493 e. The number of thioether (sulfide) groups is 1. The molecule has 7 nitrogen and oxygen atoms in total. The molecule has 3 aromatic carbocycles. The fraction of sp³-hybridized carbons (Fsp3) is 0.148. The third-order valence-corrected chi connectivity index (χ3v) is 7.67. The van der Waals surface area contributed by atoms with E-state index in [1.54, 1.807) is 31.4 Å². The van der Waals surface area contributed by atoms with Crippen molar-refractivity contribution in [3.63, 3.8) is 0 Å². The predicted octanol–water partition coefficient (Wildman–Crippen LogP) is 6.96. The molecule has 0 aliphatic heterocycles. The normalized spacial score (nSPS) is 11.5. The van der Waals surface area contributed by atoms with Crippen molar-refractivity contribution < 1.29 is 19.1 Å². The minimum atomic E-state index is -0.378. The van der Waals surface area contributed by atoms with Crippen LogP contribution < -0.4 is 20.1 Å². The maximum atomic E-state index is 12.8. The monoisotopic (exact) mass is 597 g/mol. The number of aromatic nitrogens is 1. The molecule has 1 heterocycles. The number of nitrogens with zero attached hydrogens (tertiary/aromatic N) is 1. The lowest BCUT2D eigenvalue weighted by Crippen LogP contribution is -2.22. The molecule has 0 saturated carbocycles. The maximum absolute atomic E-state index is 12.8. The lowest BCUT2D eigenvalue weighted by Gasteiger charge is -2.12. The average Bonchev–Trinajstić information content (AvgIpc) is 3.37. The molecule has 1 aromatic heterocycles. The Balaban J connectivity index is 1.36. The molecule has 190 valence electrons. The van der Waals surface area contributed by atoms with Gasteiger partial charge in [0.1, 0.15) is 0 Å². The molecule has 37 heavy (non-hydrogen) atoms. The predicted molar refractivity (Wildman–Crippen MR) is 153 cm³/mol. The Kier molecular flexibility index (Phi) is 8.86. The Labute approximate surface area is 231 Å². The SMILES string of the molecule is COc1ccc(C(=O)Nc2cccc(SC(C)C(=O)Nc3nc(-c4ccc(Br)cc4)cs3)c2)cc1OC. The summed E-state index contributed by atoms with van der Waals surface area (Å²) in [5, 5.41) is 7.88. The molecule has 1 atom stereocenters. The van der Waals surface area contributed by atoms with E-state index in [0.29, 0.717) is 27.9 Å². The fourth-order valence-electron chi connectivity index (χ4n) is 3.38. The number of anilines is 2. The van der Waals surface area contributed by atoms with Crippen LogP contribution in [-0.4, -0.2) is 36.3 Å². The highest BCUT2D eigenvalue weighted by Gasteiger charge is 2.17. The zero-order valence-corrected chi connectivity index (χ0v) is 23.5. The van der Waals surface area contributed by atoms with Crippen molar-refractivity contribution in [2.75, 3.05) is 24.9 Å². The molecule has 0 bridgehead atoms. The topological polar surface area (TPSA) is 89.5 Å². The van der Waals surface area contributed by atoms with Gasteiger partial charge in [-0.3, -0.25) is 9.59 Å². The number of hydrogen-bond donors (Lipinski definition) is 2. The first-order chi connectivity index (χ1) is 17.9. The highest BCUT2D eigenvalue weighted by Crippen LogP contribution is 2.30. The van der Waals surface area contributed by atoms with Gasteiger partial charge in [0, 0.05) is 31.6 Å². The van der Waals surface area contributed by atoms with Crippen molar-refractivity contribution >= 4 is 61.7 Å². The van der Waals surface area contributed by atoms with Crippen molar-refractivity contribution in [2.45, 2.75) is 17.1 Å². The number of amides is 2. The molecular formula is C27H24BrN3O4S2. The van der Waals surface area contributed by atoms with Crippen LogP contribution in [0.2, 0.25) is 0 Å². The molecule has 10 heteroatoms. The van der Waals surface area contributed by atoms with Crippen molar-refractivity contribution in [3.8, 4) is 22.8 Å². The summed E-state index contributed by atoms with van der Waals surface area (Å²) in [7, 11) is 3.06. The highest BCUT2D eigenvalue weighted by atomic mass is 79.9. The summed E-state index contributed by atoms with van der Waals surface area (Å²) in [6.07, 6.45) is 0. The molecule has 4 aromatic rings. The van der Waals surface area contributed by atoms with Gasteiger partial charge in [-0.2, -0.15) is 0 Å². The molecule has 0 fully saturated rings. The van der Waals surface area contributed by atoms with E-state index in [2.05, 4.69) is 31.5 Å². The van der Waals surface area contributed by atoms with Crippen molar-refractivity contribution in [2.24, 2.45) is 0 Å². The van der Waals surface area contributed by atoms with E-state index < -0.39 is 0 Å². The molecule has 0 spiro atoms. The molecule has 2 N–H and O–H groups in total. The van der Waals surface area contributed by atoms with Crippen LogP contribution in [0.15, 0.2) is 81.5 Å². The van der Waals surface area contributed by atoms with E-state index in [9.17, 15) is 9.59 Å². The van der Waals surface area contributed by atoms with Gasteiger partial charge in [0.25, 0.3) is 5.91 Å². The van der Waals surface area contributed by atoms with Crippen molar-refractivity contribution in [3.05, 3.63) is 82.1 Å². The van der Waals surface area contributed by atoms with Gasteiger partial charge in [0.05, 0.1) is 25.2 Å². The summed E-state index contributed by atoms with van der Waals surface area (Å²) < 4.78 is 11.5. The summed E-state index contributed by atoms with van der Waals surface area (Å²) in [6, 6.07) is 20.2. The Morgan fingerprint density at radius 2 is 1.73 bits per heavy atom. The van der Waals surface area contributed by atoms with Gasteiger partial charge in [-0.25, -0.2) is 4.98 Å². The minimum Gasteiger partial charge on any atom is -0.493 e. The Morgan fingerprint density at radius 1 is 0.973 bits per heavy atom. The van der Waals surface area contributed by atoms with Crippen LogP contribution in [0, 0.1) is 0 Å². The fourth-order valence-corrected chi connectivity index (χ4v) is 5.29. The summed E-state index contributed by atoms with van der Waals surface area (Å²) in [5.74, 6) is 0.594. The van der Waals surface area contributed by atoms with E-state index in [1.165, 1.54) is 30.2 Å². The lowest BCUT2D eigenvalue weighted by molar-refractivity contribution is -0.115. The number of rotatable bonds is 9. The minimum absolute atomic E-state index is 0.151. The Hall–Kier alpha value is -3.34. The maximum Gasteiger partial charge on any atom is 0.255 e. The van der Waals surface area contributed by atoms with Crippen molar-refractivity contribution in [1.82, 2.24) is 4.98 Å². The smallest absolute Gasteiger partial charge is 0.255 e. The van der Waals surface area contributed by atoms with E-state index in [-0.39, 0.29) is 17.1 Å². The number of hydrogen-bond acceptors (Lipinski definition) is 7. The van der Waals surface area contributed by atoms with Gasteiger partial charge in [-0.1, -0.05) is 34.1 Å². The van der Waals surface area contributed by atoms with Gasteiger partial charge < -0.3 is 20.1 Å². The van der Waals surface area contributed by atoms with E-state index in [0.717, 1.165) is 20.6 Å². The van der Waals surface area contributed by atoms with Gasteiger partial charge in [0.15, 0.2) is 16.6 Å². The number of methoxy groups -OCH3 is 2. The Morgan fingerprint density at radius 3 is 2.46 bits per heavy atom. The number of carbonyl (C=O) groups is 2. The second kappa shape index (κ2) is 12.3. The van der Waals surface area contributed by atoms with Crippen LogP contribution >= 0.6 is 39.0 Å². The molecule has 0 aliphatic rings. The van der Waals surface area contributed by atoms with E-state index in [1.807, 2.05) is 54.8 Å². The number of benzene rings is 3. The first-order valence-electron chi connectivity index (χ1n) is 11.2. The molecule has 1 unspecified atom stereocenters. The Bertz CT molecular complexity index is 1410. The van der Waals surface area contributed by atoms with E-state index >= 15 is 0 Å². The van der Waals surface area contributed by atoms with Crippen LogP contribution in [0.5, 0.6) is 11.5 Å². The average molecular weight is 599 g/mol. The van der Waals surface area contributed by atoms with Gasteiger partial charge in [-0.05, 0) is 55.5 Å². The summed E-state index contributed by atoms with van der Waals surface area (Å²) >= 11 is 6.21. The molecule has 0 aliphatic carbocycles. The number of thiazole rings is 1. The van der Waals surface area contributed by atoms with Crippen LogP contribution in [-0.2, 0) is 4.79 Å². The van der Waals surface area contributed by atoms with Crippen LogP contribution in [0.25, 0.3) is 11.3 Å². The summed E-state index contributed by atoms with van der Waals surface area (Å²) in [4.78, 5) is 31.0. The molecule has 2 amide bonds. The molecular weight excluding hydrogens is 574 g/mol. The quantitative estimate of drug-likeness (QED) is 0.203. The van der Waals surface area contributed by atoms with Crippen molar-refractivity contribution in [1.29, 1.82) is 0 Å². The second-order valence-corrected chi connectivity index (χ2v) is 11.0. The second-order valence-electron chi connectivity index (χ2n) is 7.85. The number of halogens is 1. The lowest BCUT2D eigenvalue weighted by atomic mass is 10.2. The zero-order chi connectivity index (χ0) is 26.4. The summed E-state index contributed by atoms with van der Waals surface area (Å²) in [6.45, 7) is 1.83. The third kappa shape index (κ3) is 6.91. The number of nitrogens with one attached hydrogen (secondary N) is 2. The third-order valence-electron chi connectivity index (χ3n) is 5.29. The zero-order valence-electron chi connectivity index (χ0n) is 20.3. The van der Waals surface area contributed by atoms with Gasteiger partial charge >= 0.3 is 0 Å². The summed E-state index contributed by atoms with van der Waals surface area (Å²) in [5.41, 5.74) is 2.85. The van der Waals surface area contributed by atoms with Gasteiger partial charge in [0.2, 0.25) is 5.91 Å². The van der Waals surface area contributed by atoms with Gasteiger partial charge in [-0.15, -0.1) is 23.1 Å². The van der Waals surface area contributed by atoms with Crippen LogP contribution in [0.4, 0.5) is 10.8 Å². The van der Waals surface area contributed by atoms with E-state index in [4.69, 9.17) is 9.47 Å². The first-order valence-corrected chi connectivity index (χ1v) is 13.7. The molecule has 0 saturated heterocycles. The van der Waals surface area contributed by atoms with Crippen LogP contribution in [0.1, 0.15) is 17.3 Å². The van der Waals surface area contributed by atoms with Crippen LogP contribution in [0.3, 0.4) is 0 Å². The first kappa shape index (κ1) is 26.7. The number of carbonyl (C=O) groups excluding carboxylic acids is 2. The number of ether oxygens (including phenoxy) is 2. The standard InChI is InChI=1S/C27H24BrN3O4S2/c1-16(25(32)31-27-30-22(15-36-27)17-7-10-19(28)11-8-17)37-21-6-4-5-20(14-21)29-26(33)18-9-12-23(34-2)24(13-18)35-3/h4-16H,1-3H3,(H,29,33)(H,30,31,32). The molecule has 4 rings (SSSR count).